The van der Waals surface area contributed by atoms with Crippen molar-refractivity contribution in [1.82, 2.24) is 19.5 Å². The molecule has 1 unspecified atom stereocenters. The van der Waals surface area contributed by atoms with Gasteiger partial charge in [0.1, 0.15) is 5.75 Å². The molecule has 28 heavy (non-hydrogen) atoms. The van der Waals surface area contributed by atoms with Crippen LogP contribution in [0, 0.1) is 5.92 Å². The van der Waals surface area contributed by atoms with Crippen LogP contribution in [-0.2, 0) is 4.79 Å². The third-order valence-corrected chi connectivity index (χ3v) is 5.78. The summed E-state index contributed by atoms with van der Waals surface area (Å²) in [5.74, 6) is 2.50. The van der Waals surface area contributed by atoms with E-state index in [0.717, 1.165) is 67.1 Å². The summed E-state index contributed by atoms with van der Waals surface area (Å²) in [7, 11) is 1.67. The first kappa shape index (κ1) is 17.2. The van der Waals surface area contributed by atoms with Gasteiger partial charge in [0.05, 0.1) is 7.11 Å². The Morgan fingerprint density at radius 3 is 2.86 bits per heavy atom. The highest BCUT2D eigenvalue weighted by atomic mass is 16.5. The van der Waals surface area contributed by atoms with Crippen molar-refractivity contribution in [2.24, 2.45) is 5.92 Å². The molecule has 0 N–H and O–H groups in total. The van der Waals surface area contributed by atoms with E-state index in [9.17, 15) is 4.79 Å². The molecule has 2 aromatic heterocycles. The lowest BCUT2D eigenvalue weighted by molar-refractivity contribution is -0.133. The van der Waals surface area contributed by atoms with Crippen LogP contribution >= 0.6 is 0 Å². The van der Waals surface area contributed by atoms with Crippen molar-refractivity contribution in [3.63, 3.8) is 0 Å². The van der Waals surface area contributed by atoms with E-state index in [0.29, 0.717) is 5.91 Å². The van der Waals surface area contributed by atoms with Gasteiger partial charge in [0, 0.05) is 36.7 Å². The van der Waals surface area contributed by atoms with Gasteiger partial charge < -0.3 is 9.64 Å². The van der Waals surface area contributed by atoms with E-state index in [1.165, 1.54) is 0 Å². The SMILES string of the molecule is COc1cccc(-c2ccc3nc(C4CCCN(C(=O)C5CC5)C4)nn3c2)c1. The minimum atomic E-state index is 0.219. The van der Waals surface area contributed by atoms with Crippen LogP contribution in [0.1, 0.15) is 37.4 Å². The zero-order chi connectivity index (χ0) is 19.1. The first-order valence-electron chi connectivity index (χ1n) is 10.0. The van der Waals surface area contributed by atoms with Crippen LogP contribution in [0.25, 0.3) is 16.8 Å². The molecule has 1 aliphatic carbocycles. The van der Waals surface area contributed by atoms with E-state index in [1.807, 2.05) is 39.9 Å². The smallest absolute Gasteiger partial charge is 0.225 e. The zero-order valence-corrected chi connectivity index (χ0v) is 16.0. The Morgan fingerprint density at radius 1 is 1.14 bits per heavy atom. The number of methoxy groups -OCH3 is 1. The lowest BCUT2D eigenvalue weighted by Gasteiger charge is -2.31. The molecule has 0 bridgehead atoms. The number of nitrogens with zero attached hydrogens (tertiary/aromatic N) is 4. The number of benzene rings is 1. The van der Waals surface area contributed by atoms with Crippen molar-refractivity contribution in [2.75, 3.05) is 20.2 Å². The third-order valence-electron chi connectivity index (χ3n) is 5.78. The number of carbonyl (C=O) groups is 1. The number of hydrogen-bond donors (Lipinski definition) is 0. The first-order valence-corrected chi connectivity index (χ1v) is 10.0. The molecular formula is C22H24N4O2. The second-order valence-electron chi connectivity index (χ2n) is 7.82. The molecule has 6 heteroatoms. The Balaban J connectivity index is 1.41. The molecule has 1 aliphatic heterocycles. The summed E-state index contributed by atoms with van der Waals surface area (Å²) < 4.78 is 7.18. The number of hydrogen-bond acceptors (Lipinski definition) is 4. The molecule has 2 fully saturated rings. The Bertz CT molecular complexity index is 1020. The molecule has 1 saturated carbocycles. The number of pyridine rings is 1. The third kappa shape index (κ3) is 3.23. The lowest BCUT2D eigenvalue weighted by atomic mass is 9.97. The fourth-order valence-electron chi connectivity index (χ4n) is 4.02. The van der Waals surface area contributed by atoms with E-state index in [-0.39, 0.29) is 11.8 Å². The predicted octanol–water partition coefficient (Wildman–Crippen LogP) is 3.52. The van der Waals surface area contributed by atoms with E-state index in [2.05, 4.69) is 12.1 Å². The van der Waals surface area contributed by atoms with Gasteiger partial charge in [-0.15, -0.1) is 0 Å². The zero-order valence-electron chi connectivity index (χ0n) is 16.0. The van der Waals surface area contributed by atoms with Crippen LogP contribution in [0.2, 0.25) is 0 Å². The van der Waals surface area contributed by atoms with Crippen LogP contribution in [0.15, 0.2) is 42.6 Å². The van der Waals surface area contributed by atoms with E-state index >= 15 is 0 Å². The van der Waals surface area contributed by atoms with Crippen molar-refractivity contribution in [3.05, 3.63) is 48.4 Å². The van der Waals surface area contributed by atoms with Gasteiger partial charge in [0.15, 0.2) is 11.5 Å². The molecule has 5 rings (SSSR count). The van der Waals surface area contributed by atoms with Crippen molar-refractivity contribution in [3.8, 4) is 16.9 Å². The summed E-state index contributed by atoms with van der Waals surface area (Å²) >= 11 is 0. The van der Waals surface area contributed by atoms with Gasteiger partial charge in [0.2, 0.25) is 5.91 Å². The number of aromatic nitrogens is 3. The number of fused-ring (bicyclic) bond motifs is 1. The predicted molar refractivity (Wildman–Crippen MR) is 106 cm³/mol. The normalized spacial score (nSPS) is 19.8. The largest absolute Gasteiger partial charge is 0.497 e. The van der Waals surface area contributed by atoms with E-state index in [1.54, 1.807) is 7.11 Å². The minimum absolute atomic E-state index is 0.219. The molecule has 3 heterocycles. The number of piperidine rings is 1. The fourth-order valence-corrected chi connectivity index (χ4v) is 4.02. The maximum atomic E-state index is 12.4. The summed E-state index contributed by atoms with van der Waals surface area (Å²) in [4.78, 5) is 19.2. The van der Waals surface area contributed by atoms with E-state index < -0.39 is 0 Å². The van der Waals surface area contributed by atoms with Crippen molar-refractivity contribution >= 4 is 11.6 Å². The summed E-state index contributed by atoms with van der Waals surface area (Å²) in [5.41, 5.74) is 2.99. The second kappa shape index (κ2) is 6.93. The van der Waals surface area contributed by atoms with Crippen LogP contribution in [0.5, 0.6) is 5.75 Å². The molecule has 6 nitrogen and oxygen atoms in total. The number of rotatable bonds is 4. The maximum absolute atomic E-state index is 12.4. The lowest BCUT2D eigenvalue weighted by Crippen LogP contribution is -2.40. The van der Waals surface area contributed by atoms with Crippen molar-refractivity contribution in [1.29, 1.82) is 0 Å². The average molecular weight is 376 g/mol. The molecule has 144 valence electrons. The standard InChI is InChI=1S/C22H24N4O2/c1-28-19-6-2-4-16(12-19)17-9-10-20-23-21(24-26(20)14-17)18-5-3-11-25(13-18)22(27)15-7-8-15/h2,4,6,9-10,12,14-15,18H,3,5,7-8,11,13H2,1H3. The highest BCUT2D eigenvalue weighted by Gasteiger charge is 2.36. The van der Waals surface area contributed by atoms with Crippen LogP contribution in [0.4, 0.5) is 0 Å². The Morgan fingerprint density at radius 2 is 2.04 bits per heavy atom. The van der Waals surface area contributed by atoms with Gasteiger partial charge in [-0.1, -0.05) is 12.1 Å². The van der Waals surface area contributed by atoms with Gasteiger partial charge >= 0.3 is 0 Å². The van der Waals surface area contributed by atoms with Gasteiger partial charge in [-0.3, -0.25) is 4.79 Å². The molecule has 2 aliphatic rings. The van der Waals surface area contributed by atoms with Gasteiger partial charge in [-0.05, 0) is 55.5 Å². The second-order valence-corrected chi connectivity index (χ2v) is 7.82. The molecule has 0 radical (unpaired) electrons. The molecule has 1 amide bonds. The van der Waals surface area contributed by atoms with Crippen molar-refractivity contribution in [2.45, 2.75) is 31.6 Å². The highest BCUT2D eigenvalue weighted by molar-refractivity contribution is 5.81. The summed E-state index contributed by atoms with van der Waals surface area (Å²) in [6.07, 6.45) is 6.18. The van der Waals surface area contributed by atoms with Gasteiger partial charge in [0.25, 0.3) is 0 Å². The highest BCUT2D eigenvalue weighted by Crippen LogP contribution is 2.34. The topological polar surface area (TPSA) is 59.7 Å². The Hall–Kier alpha value is -2.89. The number of ether oxygens (including phenoxy) is 1. The molecule has 3 aromatic rings. The maximum Gasteiger partial charge on any atom is 0.225 e. The molecule has 0 spiro atoms. The number of likely N-dealkylation sites (tertiary alicyclic amines) is 1. The van der Waals surface area contributed by atoms with Crippen LogP contribution in [0.3, 0.4) is 0 Å². The fraction of sp³-hybridized carbons (Fsp3) is 0.409. The molecule has 1 saturated heterocycles. The minimum Gasteiger partial charge on any atom is -0.497 e. The van der Waals surface area contributed by atoms with Gasteiger partial charge in [-0.25, -0.2) is 9.50 Å². The number of carbonyl (C=O) groups excluding carboxylic acids is 1. The summed E-state index contributed by atoms with van der Waals surface area (Å²) in [5, 5.41) is 4.76. The molecule has 1 atom stereocenters. The molecular weight excluding hydrogens is 352 g/mol. The average Bonchev–Trinajstić information content (AvgIpc) is 3.51. The first-order chi connectivity index (χ1) is 13.7. The Kier molecular flexibility index (Phi) is 4.26. The number of amides is 1. The van der Waals surface area contributed by atoms with Crippen LogP contribution in [-0.4, -0.2) is 45.6 Å². The Labute approximate surface area is 164 Å². The van der Waals surface area contributed by atoms with E-state index in [4.69, 9.17) is 14.8 Å². The molecule has 1 aromatic carbocycles. The van der Waals surface area contributed by atoms with Crippen LogP contribution < -0.4 is 4.74 Å². The monoisotopic (exact) mass is 376 g/mol. The van der Waals surface area contributed by atoms with Crippen molar-refractivity contribution < 1.29 is 9.53 Å². The quantitative estimate of drug-likeness (QED) is 0.699. The summed E-state index contributed by atoms with van der Waals surface area (Å²) in [6.45, 7) is 1.62. The van der Waals surface area contributed by atoms with Gasteiger partial charge in [-0.2, -0.15) is 5.10 Å². The summed E-state index contributed by atoms with van der Waals surface area (Å²) in [6, 6.07) is 12.1.